The minimum Gasteiger partial charge on any atom is -0.526 e. The zero-order valence-electron chi connectivity index (χ0n) is 11.2. The monoisotopic (exact) mass is 277 g/mol. The number of para-hydroxylation sites is 1. The summed E-state index contributed by atoms with van der Waals surface area (Å²) in [6, 6.07) is 6.47. The smallest absolute Gasteiger partial charge is 0.526 e. The molecule has 0 saturated heterocycles. The van der Waals surface area contributed by atoms with Crippen LogP contribution in [0.4, 0.5) is 0 Å². The maximum Gasteiger partial charge on any atom is 0.596 e. The number of hydrogen-bond donors (Lipinski definition) is 2. The summed E-state index contributed by atoms with van der Waals surface area (Å²) in [6.07, 6.45) is 0.164. The number of benzene rings is 1. The summed E-state index contributed by atoms with van der Waals surface area (Å²) in [4.78, 5) is 22.8. The summed E-state index contributed by atoms with van der Waals surface area (Å²) in [5.74, 6) is -1.02. The van der Waals surface area contributed by atoms with Gasteiger partial charge in [-0.1, -0.05) is 25.1 Å². The zero-order valence-corrected chi connectivity index (χ0v) is 11.2. The van der Waals surface area contributed by atoms with Crippen LogP contribution in [0.2, 0.25) is 6.32 Å². The van der Waals surface area contributed by atoms with E-state index in [0.29, 0.717) is 18.6 Å². The lowest BCUT2D eigenvalue weighted by Crippen LogP contribution is -2.41. The van der Waals surface area contributed by atoms with Crippen LogP contribution >= 0.6 is 0 Å². The Morgan fingerprint density at radius 3 is 2.90 bits per heavy atom. The van der Waals surface area contributed by atoms with Crippen LogP contribution < -0.4 is 9.97 Å². The van der Waals surface area contributed by atoms with Gasteiger partial charge >= 0.3 is 19.1 Å². The molecule has 1 aromatic carbocycles. The summed E-state index contributed by atoms with van der Waals surface area (Å²) in [7, 11) is -0.708. The Hall–Kier alpha value is -2.02. The Balaban J connectivity index is 2.25. The third-order valence-corrected chi connectivity index (χ3v) is 3.01. The minimum absolute atomic E-state index is 0.322. The van der Waals surface area contributed by atoms with Gasteiger partial charge in [0.1, 0.15) is 11.8 Å². The highest BCUT2D eigenvalue weighted by molar-refractivity contribution is 6.47. The molecule has 6 nitrogen and oxygen atoms in total. The molecular formula is C13H16BNO5. The normalized spacial score (nSPS) is 18.9. The Bertz CT molecular complexity index is 507. The van der Waals surface area contributed by atoms with Crippen molar-refractivity contribution >= 4 is 19.1 Å². The fraction of sp³-hybridized carbons (Fsp3) is 0.385. The molecule has 1 heterocycles. The van der Waals surface area contributed by atoms with E-state index in [4.69, 9.17) is 14.4 Å². The largest absolute Gasteiger partial charge is 0.596 e. The highest BCUT2D eigenvalue weighted by Crippen LogP contribution is 2.21. The van der Waals surface area contributed by atoms with E-state index in [0.717, 1.165) is 5.56 Å². The summed E-state index contributed by atoms with van der Waals surface area (Å²) in [5.41, 5.74) is 0.861. The van der Waals surface area contributed by atoms with E-state index in [1.807, 2.05) is 25.1 Å². The molecule has 2 rings (SSSR count). The molecule has 0 unspecified atom stereocenters. The number of carboxylic acids is 1. The third-order valence-electron chi connectivity index (χ3n) is 3.01. The van der Waals surface area contributed by atoms with E-state index in [1.165, 1.54) is 0 Å². The van der Waals surface area contributed by atoms with Crippen LogP contribution in [-0.4, -0.2) is 30.2 Å². The van der Waals surface area contributed by atoms with Gasteiger partial charge in [0.25, 0.3) is 0 Å². The molecule has 2 N–H and O–H groups in total. The predicted octanol–water partition coefficient (Wildman–Crippen LogP) is 1.06. The van der Waals surface area contributed by atoms with Gasteiger partial charge < -0.3 is 14.4 Å². The highest BCUT2D eigenvalue weighted by Gasteiger charge is 2.31. The first-order valence-electron chi connectivity index (χ1n) is 6.50. The first kappa shape index (κ1) is 14.4. The Morgan fingerprint density at radius 2 is 2.20 bits per heavy atom. The molecule has 20 heavy (non-hydrogen) atoms. The molecular weight excluding hydrogens is 261 g/mol. The molecule has 0 saturated carbocycles. The molecule has 0 amide bonds. The van der Waals surface area contributed by atoms with E-state index in [9.17, 15) is 9.59 Å². The molecule has 1 aliphatic rings. The van der Waals surface area contributed by atoms with Crippen molar-refractivity contribution in [3.8, 4) is 5.75 Å². The summed E-state index contributed by atoms with van der Waals surface area (Å²) < 4.78 is 10.9. The number of carbonyl (C=O) groups is 2. The number of rotatable bonds is 3. The first-order valence-corrected chi connectivity index (χ1v) is 6.50. The van der Waals surface area contributed by atoms with E-state index in [2.05, 4.69) is 5.32 Å². The summed E-state index contributed by atoms with van der Waals surface area (Å²) in [6.45, 7) is 2.18. The molecule has 1 aromatic rings. The lowest BCUT2D eigenvalue weighted by atomic mass is 9.85. The molecule has 0 radical (unpaired) electrons. The fourth-order valence-electron chi connectivity index (χ4n) is 1.96. The Morgan fingerprint density at radius 1 is 1.45 bits per heavy atom. The van der Waals surface area contributed by atoms with Gasteiger partial charge in [0, 0.05) is 18.4 Å². The van der Waals surface area contributed by atoms with Crippen LogP contribution in [-0.2, 0) is 20.8 Å². The number of carbonyl (C=O) groups excluding carboxylic acids is 1. The molecule has 7 heteroatoms. The topological polar surface area (TPSA) is 84.9 Å². The van der Waals surface area contributed by atoms with Gasteiger partial charge in [-0.2, -0.15) is 0 Å². The predicted molar refractivity (Wildman–Crippen MR) is 72.3 cm³/mol. The number of aliphatic carboxylic acids is 1. The quantitative estimate of drug-likeness (QED) is 0.804. The molecule has 0 bridgehead atoms. The average Bonchev–Trinajstić information content (AvgIpc) is 2.48. The first-order chi connectivity index (χ1) is 9.60. The standard InChI is InChI=1S/C13H16BNO5/c1-2-14-19-11-6-4-3-5-9(11)8-15-10(7-12(16)17)13(18)20-14/h3-6,10,15H,2,7-8H2,1H3,(H,16,17)/t10-/m0/s1. The molecule has 106 valence electrons. The third kappa shape index (κ3) is 3.51. The molecule has 1 aliphatic heterocycles. The Labute approximate surface area is 117 Å². The van der Waals surface area contributed by atoms with Crippen LogP contribution in [0.25, 0.3) is 0 Å². The maximum absolute atomic E-state index is 11.9. The number of fused-ring (bicyclic) bond motifs is 1. The van der Waals surface area contributed by atoms with Gasteiger partial charge in [0.05, 0.1) is 6.42 Å². The Kier molecular flexibility index (Phi) is 4.63. The van der Waals surface area contributed by atoms with E-state index in [1.54, 1.807) is 6.07 Å². The average molecular weight is 277 g/mol. The minimum atomic E-state index is -1.05. The highest BCUT2D eigenvalue weighted by atomic mass is 16.6. The van der Waals surface area contributed by atoms with Crippen LogP contribution in [0.1, 0.15) is 18.9 Å². The van der Waals surface area contributed by atoms with Crippen molar-refractivity contribution in [2.24, 2.45) is 0 Å². The zero-order chi connectivity index (χ0) is 14.5. The lowest BCUT2D eigenvalue weighted by molar-refractivity contribution is -0.145. The van der Waals surface area contributed by atoms with Crippen LogP contribution in [0.15, 0.2) is 24.3 Å². The van der Waals surface area contributed by atoms with Gasteiger partial charge in [0.15, 0.2) is 0 Å². The van der Waals surface area contributed by atoms with Gasteiger partial charge in [-0.3, -0.25) is 14.9 Å². The molecule has 0 aromatic heterocycles. The molecule has 0 fully saturated rings. The summed E-state index contributed by atoms with van der Waals surface area (Å²) in [5, 5.41) is 11.8. The van der Waals surface area contributed by atoms with Crippen molar-refractivity contribution in [3.63, 3.8) is 0 Å². The van der Waals surface area contributed by atoms with Gasteiger partial charge in [-0.15, -0.1) is 0 Å². The SMILES string of the molecule is CCB1OC(=O)[C@H](CC(=O)O)NCc2ccccc2O1. The van der Waals surface area contributed by atoms with Crippen molar-refractivity contribution in [3.05, 3.63) is 29.8 Å². The van der Waals surface area contributed by atoms with E-state index in [-0.39, 0.29) is 6.42 Å². The second-order valence-electron chi connectivity index (χ2n) is 4.53. The van der Waals surface area contributed by atoms with Crippen molar-refractivity contribution in [2.75, 3.05) is 0 Å². The van der Waals surface area contributed by atoms with Crippen molar-refractivity contribution < 1.29 is 24.0 Å². The number of nitrogens with one attached hydrogen (secondary N) is 1. The van der Waals surface area contributed by atoms with Crippen LogP contribution in [0.3, 0.4) is 0 Å². The van der Waals surface area contributed by atoms with Crippen molar-refractivity contribution in [1.29, 1.82) is 0 Å². The number of hydrogen-bond acceptors (Lipinski definition) is 5. The van der Waals surface area contributed by atoms with Gasteiger partial charge in [-0.05, 0) is 6.07 Å². The van der Waals surface area contributed by atoms with E-state index >= 15 is 0 Å². The van der Waals surface area contributed by atoms with Crippen LogP contribution in [0.5, 0.6) is 5.75 Å². The van der Waals surface area contributed by atoms with Gasteiger partial charge in [0.2, 0.25) is 0 Å². The second-order valence-corrected chi connectivity index (χ2v) is 4.53. The summed E-state index contributed by atoms with van der Waals surface area (Å²) >= 11 is 0. The molecule has 0 spiro atoms. The molecule has 1 atom stereocenters. The van der Waals surface area contributed by atoms with Gasteiger partial charge in [-0.25, -0.2) is 0 Å². The van der Waals surface area contributed by atoms with E-state index < -0.39 is 25.1 Å². The van der Waals surface area contributed by atoms with Crippen molar-refractivity contribution in [1.82, 2.24) is 5.32 Å². The van der Waals surface area contributed by atoms with Crippen molar-refractivity contribution in [2.45, 2.75) is 32.3 Å². The number of carboxylic acid groups (broad SMARTS) is 1. The lowest BCUT2D eigenvalue weighted by Gasteiger charge is -2.16. The fourth-order valence-corrected chi connectivity index (χ4v) is 1.96. The molecule has 0 aliphatic carbocycles. The second kappa shape index (κ2) is 6.43. The van der Waals surface area contributed by atoms with Crippen LogP contribution in [0, 0.1) is 0 Å². The maximum atomic E-state index is 11.9.